The molecule has 2 rings (SSSR count). The standard InChI is InChI=1S/C10H9IO/c11-7-6-9-10(12-9)8-4-2-1-3-5-8/h1-7,9-10H/b7-6-. The van der Waals surface area contributed by atoms with Gasteiger partial charge in [-0.15, -0.1) is 0 Å². The van der Waals surface area contributed by atoms with Crippen molar-refractivity contribution in [2.45, 2.75) is 12.2 Å². The second kappa shape index (κ2) is 3.58. The van der Waals surface area contributed by atoms with Gasteiger partial charge in [0.15, 0.2) is 0 Å². The zero-order valence-electron chi connectivity index (χ0n) is 6.48. The summed E-state index contributed by atoms with van der Waals surface area (Å²) in [7, 11) is 0. The fraction of sp³-hybridized carbons (Fsp3) is 0.200. The van der Waals surface area contributed by atoms with E-state index in [0.29, 0.717) is 12.2 Å². The quantitative estimate of drug-likeness (QED) is 0.595. The van der Waals surface area contributed by atoms with E-state index >= 15 is 0 Å². The predicted octanol–water partition coefficient (Wildman–Crippen LogP) is 3.08. The summed E-state index contributed by atoms with van der Waals surface area (Å²) in [4.78, 5) is 0. The fourth-order valence-electron chi connectivity index (χ4n) is 1.25. The van der Waals surface area contributed by atoms with E-state index in [1.165, 1.54) is 5.56 Å². The molecule has 62 valence electrons. The molecule has 1 aromatic carbocycles. The van der Waals surface area contributed by atoms with E-state index in [1.54, 1.807) is 0 Å². The first-order valence-corrected chi connectivity index (χ1v) is 5.13. The molecule has 0 aromatic heterocycles. The molecule has 1 heterocycles. The molecule has 1 fully saturated rings. The molecule has 12 heavy (non-hydrogen) atoms. The number of benzene rings is 1. The molecule has 0 bridgehead atoms. The molecule has 0 radical (unpaired) electrons. The Morgan fingerprint density at radius 3 is 2.67 bits per heavy atom. The van der Waals surface area contributed by atoms with Crippen molar-refractivity contribution in [3.05, 3.63) is 46.1 Å². The van der Waals surface area contributed by atoms with E-state index in [9.17, 15) is 0 Å². The van der Waals surface area contributed by atoms with Crippen LogP contribution in [0.25, 0.3) is 0 Å². The molecule has 1 aliphatic heterocycles. The first kappa shape index (κ1) is 8.26. The molecule has 0 N–H and O–H groups in total. The molecule has 2 unspecified atom stereocenters. The van der Waals surface area contributed by atoms with Crippen LogP contribution >= 0.6 is 22.6 Å². The van der Waals surface area contributed by atoms with Crippen LogP contribution in [0.4, 0.5) is 0 Å². The van der Waals surface area contributed by atoms with E-state index in [-0.39, 0.29) is 0 Å². The lowest BCUT2D eigenvalue weighted by Gasteiger charge is -1.91. The first-order chi connectivity index (χ1) is 5.92. The zero-order valence-corrected chi connectivity index (χ0v) is 8.64. The van der Waals surface area contributed by atoms with Crippen LogP contribution in [0.2, 0.25) is 0 Å². The third kappa shape index (κ3) is 1.69. The van der Waals surface area contributed by atoms with Gasteiger partial charge in [0.1, 0.15) is 12.2 Å². The van der Waals surface area contributed by atoms with Crippen LogP contribution in [-0.4, -0.2) is 6.10 Å². The number of hydrogen-bond acceptors (Lipinski definition) is 1. The predicted molar refractivity (Wildman–Crippen MR) is 57.2 cm³/mol. The van der Waals surface area contributed by atoms with E-state index in [4.69, 9.17) is 4.74 Å². The van der Waals surface area contributed by atoms with Crippen LogP contribution in [-0.2, 0) is 4.74 Å². The van der Waals surface area contributed by atoms with Crippen LogP contribution in [0.3, 0.4) is 0 Å². The number of rotatable bonds is 2. The molecule has 1 aromatic rings. The molecule has 2 atom stereocenters. The minimum atomic E-state index is 0.303. The van der Waals surface area contributed by atoms with Crippen LogP contribution in [0, 0.1) is 0 Å². The largest absolute Gasteiger partial charge is 0.360 e. The lowest BCUT2D eigenvalue weighted by atomic mass is 10.1. The normalized spacial score (nSPS) is 27.8. The van der Waals surface area contributed by atoms with E-state index < -0.39 is 0 Å². The van der Waals surface area contributed by atoms with Crippen molar-refractivity contribution in [2.24, 2.45) is 0 Å². The Morgan fingerprint density at radius 2 is 2.00 bits per heavy atom. The summed E-state index contributed by atoms with van der Waals surface area (Å²) < 4.78 is 7.46. The highest BCUT2D eigenvalue weighted by atomic mass is 127. The molecule has 0 saturated carbocycles. The van der Waals surface area contributed by atoms with Crippen molar-refractivity contribution in [1.82, 2.24) is 0 Å². The zero-order chi connectivity index (χ0) is 8.39. The number of ether oxygens (including phenoxy) is 1. The monoisotopic (exact) mass is 272 g/mol. The van der Waals surface area contributed by atoms with Crippen molar-refractivity contribution in [3.63, 3.8) is 0 Å². The Bertz CT molecular complexity index is 281. The molecule has 2 heteroatoms. The summed E-state index contributed by atoms with van der Waals surface area (Å²) in [5, 5.41) is 0. The maximum Gasteiger partial charge on any atom is 0.113 e. The third-order valence-electron chi connectivity index (χ3n) is 1.92. The number of halogens is 1. The molecule has 1 nitrogen and oxygen atoms in total. The Morgan fingerprint density at radius 1 is 1.25 bits per heavy atom. The Kier molecular flexibility index (Phi) is 2.46. The van der Waals surface area contributed by atoms with Gasteiger partial charge in [-0.3, -0.25) is 0 Å². The highest BCUT2D eigenvalue weighted by Gasteiger charge is 2.37. The SMILES string of the molecule is I/C=C\C1OC1c1ccccc1. The lowest BCUT2D eigenvalue weighted by Crippen LogP contribution is -1.82. The van der Waals surface area contributed by atoms with Gasteiger partial charge < -0.3 is 4.74 Å². The van der Waals surface area contributed by atoms with Crippen molar-refractivity contribution < 1.29 is 4.74 Å². The van der Waals surface area contributed by atoms with E-state index in [2.05, 4.69) is 40.8 Å². The van der Waals surface area contributed by atoms with Gasteiger partial charge in [0, 0.05) is 0 Å². The summed E-state index contributed by atoms with van der Waals surface area (Å²) in [5.74, 6) is 0. The molecule has 0 aliphatic carbocycles. The smallest absolute Gasteiger partial charge is 0.113 e. The fourth-order valence-corrected chi connectivity index (χ4v) is 1.66. The van der Waals surface area contributed by atoms with Crippen molar-refractivity contribution in [3.8, 4) is 0 Å². The number of hydrogen-bond donors (Lipinski definition) is 0. The van der Waals surface area contributed by atoms with Gasteiger partial charge in [0.25, 0.3) is 0 Å². The van der Waals surface area contributed by atoms with Crippen molar-refractivity contribution in [1.29, 1.82) is 0 Å². The average molecular weight is 272 g/mol. The van der Waals surface area contributed by atoms with Gasteiger partial charge in [-0.1, -0.05) is 52.9 Å². The molecular formula is C10H9IO. The van der Waals surface area contributed by atoms with Crippen molar-refractivity contribution in [2.75, 3.05) is 0 Å². The summed E-state index contributed by atoms with van der Waals surface area (Å²) in [5.41, 5.74) is 1.28. The van der Waals surface area contributed by atoms with Crippen LogP contribution in [0.15, 0.2) is 40.5 Å². The van der Waals surface area contributed by atoms with Crippen LogP contribution in [0.1, 0.15) is 11.7 Å². The lowest BCUT2D eigenvalue weighted by molar-refractivity contribution is 0.394. The van der Waals surface area contributed by atoms with Gasteiger partial charge in [-0.2, -0.15) is 0 Å². The van der Waals surface area contributed by atoms with Crippen LogP contribution < -0.4 is 0 Å². The second-order valence-corrected chi connectivity index (χ2v) is 3.47. The molecule has 1 aliphatic rings. The summed E-state index contributed by atoms with van der Waals surface area (Å²) >= 11 is 2.21. The van der Waals surface area contributed by atoms with Crippen molar-refractivity contribution >= 4 is 22.6 Å². The number of epoxide rings is 1. The van der Waals surface area contributed by atoms with Crippen LogP contribution in [0.5, 0.6) is 0 Å². The summed E-state index contributed by atoms with van der Waals surface area (Å²) in [6, 6.07) is 10.3. The minimum Gasteiger partial charge on any atom is -0.360 e. The van der Waals surface area contributed by atoms with Gasteiger partial charge in [-0.05, 0) is 15.7 Å². The topological polar surface area (TPSA) is 12.5 Å². The first-order valence-electron chi connectivity index (χ1n) is 3.89. The molecule has 1 saturated heterocycles. The van der Waals surface area contributed by atoms with Gasteiger partial charge in [-0.25, -0.2) is 0 Å². The second-order valence-electron chi connectivity index (χ2n) is 2.75. The van der Waals surface area contributed by atoms with Gasteiger partial charge >= 0.3 is 0 Å². The molecule has 0 amide bonds. The third-order valence-corrected chi connectivity index (χ3v) is 2.33. The average Bonchev–Trinajstić information content (AvgIpc) is 2.87. The van der Waals surface area contributed by atoms with Gasteiger partial charge in [0.05, 0.1) is 0 Å². The molecule has 0 spiro atoms. The van der Waals surface area contributed by atoms with E-state index in [1.807, 2.05) is 22.3 Å². The highest BCUT2D eigenvalue weighted by molar-refractivity contribution is 14.1. The van der Waals surface area contributed by atoms with Gasteiger partial charge in [0.2, 0.25) is 0 Å². The maximum atomic E-state index is 5.45. The summed E-state index contributed by atoms with van der Waals surface area (Å²) in [6.45, 7) is 0. The molecular weight excluding hydrogens is 263 g/mol. The Balaban J connectivity index is 2.06. The Hall–Kier alpha value is -0.350. The summed E-state index contributed by atoms with van der Waals surface area (Å²) in [6.07, 6.45) is 2.69. The Labute approximate surface area is 85.6 Å². The maximum absolute atomic E-state index is 5.45. The highest BCUT2D eigenvalue weighted by Crippen LogP contribution is 2.39. The minimum absolute atomic E-state index is 0.303. The van der Waals surface area contributed by atoms with E-state index in [0.717, 1.165) is 0 Å².